The van der Waals surface area contributed by atoms with E-state index in [0.29, 0.717) is 23.8 Å². The number of benzene rings is 2. The van der Waals surface area contributed by atoms with Crippen molar-refractivity contribution in [3.63, 3.8) is 0 Å². The predicted octanol–water partition coefficient (Wildman–Crippen LogP) is 4.34. The summed E-state index contributed by atoms with van der Waals surface area (Å²) in [6.07, 6.45) is 2.29. The maximum atomic E-state index is 13.1. The largest absolute Gasteiger partial charge is 0.493 e. The third-order valence-electron chi connectivity index (χ3n) is 5.03. The molecule has 0 bridgehead atoms. The summed E-state index contributed by atoms with van der Waals surface area (Å²) < 4.78 is 7.39. The summed E-state index contributed by atoms with van der Waals surface area (Å²) >= 11 is 0. The molecular weight excluding hydrogens is 424 g/mol. The van der Waals surface area contributed by atoms with E-state index in [9.17, 15) is 20.2 Å². The number of hydrogen-bond acceptors (Lipinski definition) is 7. The number of carbonyl (C=O) groups is 1. The fourth-order valence-electron chi connectivity index (χ4n) is 3.28. The average Bonchev–Trinajstić information content (AvgIpc) is 3.15. The number of hydrogen-bond donors (Lipinski definition) is 1. The highest BCUT2D eigenvalue weighted by Crippen LogP contribution is 2.27. The van der Waals surface area contributed by atoms with Crippen LogP contribution in [-0.2, 0) is 0 Å². The van der Waals surface area contributed by atoms with E-state index in [2.05, 4.69) is 15.3 Å². The van der Waals surface area contributed by atoms with Gasteiger partial charge in [-0.05, 0) is 30.5 Å². The molecule has 0 atom stereocenters. The fraction of sp³-hybridized carbons (Fsp3) is 0.217. The quantitative estimate of drug-likeness (QED) is 0.331. The van der Waals surface area contributed by atoms with Crippen LogP contribution in [0.2, 0.25) is 0 Å². The van der Waals surface area contributed by atoms with Crippen molar-refractivity contribution in [1.82, 2.24) is 14.4 Å². The first kappa shape index (κ1) is 21.7. The van der Waals surface area contributed by atoms with Gasteiger partial charge in [-0.1, -0.05) is 26.0 Å². The number of nitrogens with one attached hydrogen (secondary N) is 1. The Labute approximate surface area is 188 Å². The average molecular weight is 444 g/mol. The minimum Gasteiger partial charge on any atom is -0.493 e. The number of para-hydroxylation sites is 2. The number of fused-ring (bicyclic) bond motifs is 3. The first-order valence-corrected chi connectivity index (χ1v) is 10.3. The van der Waals surface area contributed by atoms with Gasteiger partial charge in [-0.25, -0.2) is 4.98 Å². The van der Waals surface area contributed by atoms with Crippen molar-refractivity contribution in [1.29, 1.82) is 5.26 Å². The van der Waals surface area contributed by atoms with Gasteiger partial charge in [-0.3, -0.25) is 19.3 Å². The Morgan fingerprint density at radius 2 is 2.06 bits per heavy atom. The van der Waals surface area contributed by atoms with Gasteiger partial charge in [0.15, 0.2) is 5.82 Å². The first-order valence-electron chi connectivity index (χ1n) is 10.3. The second-order valence-electron chi connectivity index (χ2n) is 7.81. The molecule has 2 aromatic heterocycles. The lowest BCUT2D eigenvalue weighted by atomic mass is 10.1. The topological polar surface area (TPSA) is 135 Å². The maximum absolute atomic E-state index is 13.1. The van der Waals surface area contributed by atoms with Crippen molar-refractivity contribution in [2.75, 3.05) is 11.9 Å². The molecule has 166 valence electrons. The summed E-state index contributed by atoms with van der Waals surface area (Å²) in [4.78, 5) is 32.5. The molecule has 0 aliphatic carbocycles. The predicted molar refractivity (Wildman–Crippen MR) is 121 cm³/mol. The molecule has 4 rings (SSSR count). The first-order chi connectivity index (χ1) is 15.9. The number of carbonyl (C=O) groups excluding carboxylic acids is 1. The Morgan fingerprint density at radius 3 is 2.79 bits per heavy atom. The highest BCUT2D eigenvalue weighted by atomic mass is 16.6. The van der Waals surface area contributed by atoms with Gasteiger partial charge >= 0.3 is 0 Å². The number of ether oxygens (including phenoxy) is 1. The zero-order valence-electron chi connectivity index (χ0n) is 18.0. The summed E-state index contributed by atoms with van der Waals surface area (Å²) in [5.74, 6) is 0.231. The molecule has 1 N–H and O–H groups in total. The Balaban J connectivity index is 1.71. The van der Waals surface area contributed by atoms with Crippen LogP contribution in [0.25, 0.3) is 16.8 Å². The van der Waals surface area contributed by atoms with Crippen LogP contribution in [0, 0.1) is 27.4 Å². The third kappa shape index (κ3) is 4.43. The minimum absolute atomic E-state index is 0.00458. The minimum atomic E-state index is -0.678. The molecule has 33 heavy (non-hydrogen) atoms. The van der Waals surface area contributed by atoms with Gasteiger partial charge in [0.05, 0.1) is 28.1 Å². The molecule has 0 aliphatic heterocycles. The number of nitro benzene ring substituents is 1. The number of anilines is 1. The van der Waals surface area contributed by atoms with Crippen molar-refractivity contribution in [3.05, 3.63) is 69.9 Å². The SMILES string of the molecule is CC(C)CCOc1ccc([N+](=O)[O-])cc1C(=O)Nc1nc2nc3ccccc3n2cc1C#N. The molecule has 0 unspecified atom stereocenters. The van der Waals surface area contributed by atoms with E-state index in [-0.39, 0.29) is 28.4 Å². The van der Waals surface area contributed by atoms with E-state index in [4.69, 9.17) is 4.74 Å². The van der Waals surface area contributed by atoms with E-state index in [0.717, 1.165) is 18.0 Å². The summed E-state index contributed by atoms with van der Waals surface area (Å²) in [5.41, 5.74) is 1.31. The lowest BCUT2D eigenvalue weighted by molar-refractivity contribution is -0.384. The molecule has 0 saturated carbocycles. The molecular formula is C23H20N6O4. The van der Waals surface area contributed by atoms with E-state index in [1.165, 1.54) is 12.1 Å². The molecule has 0 fully saturated rings. The molecule has 0 saturated heterocycles. The summed E-state index contributed by atoms with van der Waals surface area (Å²) in [6.45, 7) is 4.43. The standard InChI is InChI=1S/C23H20N6O4/c1-14(2)9-10-33-20-8-7-16(29(31)32)11-17(20)22(30)26-21-15(12-24)13-28-19-6-4-3-5-18(19)25-23(28)27-21/h3-8,11,13-14H,9-10H2,1-2H3,(H,25,26,27,30). The number of imidazole rings is 1. The van der Waals surface area contributed by atoms with Crippen molar-refractivity contribution < 1.29 is 14.5 Å². The van der Waals surface area contributed by atoms with Crippen LogP contribution in [0.15, 0.2) is 48.7 Å². The summed E-state index contributed by atoms with van der Waals surface area (Å²) in [7, 11) is 0. The van der Waals surface area contributed by atoms with Gasteiger partial charge in [0.1, 0.15) is 17.4 Å². The Bertz CT molecular complexity index is 1420. The smallest absolute Gasteiger partial charge is 0.270 e. The number of aromatic nitrogens is 3. The van der Waals surface area contributed by atoms with Crippen molar-refractivity contribution in [3.8, 4) is 11.8 Å². The lowest BCUT2D eigenvalue weighted by Crippen LogP contribution is -2.17. The van der Waals surface area contributed by atoms with Gasteiger partial charge in [-0.2, -0.15) is 10.2 Å². The van der Waals surface area contributed by atoms with Crippen LogP contribution in [0.3, 0.4) is 0 Å². The number of nitro groups is 1. The molecule has 0 radical (unpaired) electrons. The van der Waals surface area contributed by atoms with Crippen LogP contribution < -0.4 is 10.1 Å². The van der Waals surface area contributed by atoms with E-state index in [1.54, 1.807) is 10.6 Å². The number of non-ortho nitro benzene ring substituents is 1. The number of nitriles is 1. The number of amides is 1. The Hall–Kier alpha value is -4.52. The van der Waals surface area contributed by atoms with Gasteiger partial charge in [0.2, 0.25) is 5.78 Å². The van der Waals surface area contributed by atoms with Gasteiger partial charge in [0.25, 0.3) is 11.6 Å². The highest BCUT2D eigenvalue weighted by Gasteiger charge is 2.21. The van der Waals surface area contributed by atoms with E-state index >= 15 is 0 Å². The van der Waals surface area contributed by atoms with Crippen molar-refractivity contribution in [2.24, 2.45) is 5.92 Å². The molecule has 4 aromatic rings. The maximum Gasteiger partial charge on any atom is 0.270 e. The van der Waals surface area contributed by atoms with Crippen LogP contribution in [0.4, 0.5) is 11.5 Å². The second-order valence-corrected chi connectivity index (χ2v) is 7.81. The molecule has 1 amide bonds. The Morgan fingerprint density at radius 1 is 1.27 bits per heavy atom. The second kappa shape index (κ2) is 8.92. The molecule has 0 aliphatic rings. The zero-order chi connectivity index (χ0) is 23.5. The molecule has 0 spiro atoms. The molecule has 2 aromatic carbocycles. The Kier molecular flexibility index (Phi) is 5.87. The van der Waals surface area contributed by atoms with Gasteiger partial charge in [0, 0.05) is 18.3 Å². The molecule has 10 nitrogen and oxygen atoms in total. The zero-order valence-corrected chi connectivity index (χ0v) is 18.0. The normalized spacial score (nSPS) is 11.0. The van der Waals surface area contributed by atoms with Gasteiger partial charge in [-0.15, -0.1) is 0 Å². The monoisotopic (exact) mass is 444 g/mol. The van der Waals surface area contributed by atoms with Crippen LogP contribution >= 0.6 is 0 Å². The van der Waals surface area contributed by atoms with Gasteiger partial charge < -0.3 is 10.1 Å². The van der Waals surface area contributed by atoms with E-state index < -0.39 is 10.8 Å². The summed E-state index contributed by atoms with van der Waals surface area (Å²) in [5, 5.41) is 23.5. The molecule has 2 heterocycles. The number of nitrogens with zero attached hydrogens (tertiary/aromatic N) is 5. The molecule has 10 heteroatoms. The van der Waals surface area contributed by atoms with Crippen LogP contribution in [0.5, 0.6) is 5.75 Å². The number of rotatable bonds is 7. The lowest BCUT2D eigenvalue weighted by Gasteiger charge is -2.13. The van der Waals surface area contributed by atoms with Crippen LogP contribution in [-0.4, -0.2) is 31.8 Å². The summed E-state index contributed by atoms with van der Waals surface area (Å²) in [6, 6.07) is 13.2. The van der Waals surface area contributed by atoms with Crippen LogP contribution in [0.1, 0.15) is 36.2 Å². The highest BCUT2D eigenvalue weighted by molar-refractivity contribution is 6.06. The fourth-order valence-corrected chi connectivity index (χ4v) is 3.28. The van der Waals surface area contributed by atoms with E-state index in [1.807, 2.05) is 44.2 Å². The van der Waals surface area contributed by atoms with Crippen molar-refractivity contribution >= 4 is 34.2 Å². The van der Waals surface area contributed by atoms with Crippen molar-refractivity contribution in [2.45, 2.75) is 20.3 Å². The third-order valence-corrected chi connectivity index (χ3v) is 5.03.